The summed E-state index contributed by atoms with van der Waals surface area (Å²) in [5.74, 6) is 2.32. The van der Waals surface area contributed by atoms with Gasteiger partial charge in [-0.2, -0.15) is 0 Å². The zero-order valence-corrected chi connectivity index (χ0v) is 14.2. The Balaban J connectivity index is 1.49. The molecule has 0 saturated carbocycles. The topological polar surface area (TPSA) is 0 Å². The summed E-state index contributed by atoms with van der Waals surface area (Å²) in [7, 11) is 0. The first-order valence-corrected chi connectivity index (χ1v) is 11.0. The molecule has 0 aromatic heterocycles. The van der Waals surface area contributed by atoms with Crippen LogP contribution in [0.15, 0.2) is 60.7 Å². The second-order valence-electron chi connectivity index (χ2n) is 4.11. The van der Waals surface area contributed by atoms with Crippen LogP contribution in [-0.4, -0.2) is 24.3 Å². The van der Waals surface area contributed by atoms with Gasteiger partial charge in [0, 0.05) is 0 Å². The van der Waals surface area contributed by atoms with Crippen molar-refractivity contribution in [1.82, 2.24) is 0 Å². The Labute approximate surface area is 130 Å². The van der Waals surface area contributed by atoms with Crippen molar-refractivity contribution in [3.63, 3.8) is 0 Å². The van der Waals surface area contributed by atoms with Crippen LogP contribution in [0.5, 0.6) is 0 Å². The summed E-state index contributed by atoms with van der Waals surface area (Å²) in [6.07, 6.45) is 0. The monoisotopic (exact) mass is 354 g/mol. The molecule has 0 aliphatic carbocycles. The van der Waals surface area contributed by atoms with E-state index >= 15 is 0 Å². The summed E-state index contributed by atoms with van der Waals surface area (Å²) in [5.41, 5.74) is 2.89. The fourth-order valence-electron chi connectivity index (χ4n) is 1.62. The van der Waals surface area contributed by atoms with E-state index < -0.39 is 0 Å². The van der Waals surface area contributed by atoms with E-state index in [1.807, 2.05) is 0 Å². The first-order chi connectivity index (χ1) is 9.45. The van der Waals surface area contributed by atoms with E-state index in [-0.39, 0.29) is 0 Å². The molecule has 0 amide bonds. The Morgan fingerprint density at radius 1 is 0.632 bits per heavy atom. The molecular weight excluding hydrogens is 335 g/mol. The summed E-state index contributed by atoms with van der Waals surface area (Å²) < 4.78 is 2.65. The Morgan fingerprint density at radius 3 is 1.47 bits per heavy atom. The zero-order chi connectivity index (χ0) is 13.2. The van der Waals surface area contributed by atoms with E-state index in [9.17, 15) is 0 Å². The van der Waals surface area contributed by atoms with Gasteiger partial charge in [-0.3, -0.25) is 0 Å². The van der Waals surface area contributed by atoms with E-state index in [1.54, 1.807) is 0 Å². The van der Waals surface area contributed by atoms with Crippen LogP contribution in [0.3, 0.4) is 0 Å². The van der Waals surface area contributed by atoms with E-state index in [4.69, 9.17) is 0 Å². The third kappa shape index (κ3) is 6.58. The zero-order valence-electron chi connectivity index (χ0n) is 10.8. The summed E-state index contributed by atoms with van der Waals surface area (Å²) >= 11 is 4.90. The molecule has 0 atom stereocenters. The minimum atomic E-state index is 0.763. The third-order valence-electron chi connectivity index (χ3n) is 2.56. The van der Waals surface area contributed by atoms with Crippen molar-refractivity contribution in [3.05, 3.63) is 71.8 Å². The van der Waals surface area contributed by atoms with Gasteiger partial charge in [0.1, 0.15) is 0 Å². The van der Waals surface area contributed by atoms with Gasteiger partial charge in [-0.15, -0.1) is 0 Å². The van der Waals surface area contributed by atoms with Gasteiger partial charge in [0.15, 0.2) is 0 Å². The van der Waals surface area contributed by atoms with Crippen molar-refractivity contribution in [1.29, 1.82) is 0 Å². The fourth-order valence-corrected chi connectivity index (χ4v) is 6.97. The van der Waals surface area contributed by atoms with Crippen LogP contribution in [0.1, 0.15) is 11.1 Å². The Morgan fingerprint density at radius 2 is 1.05 bits per heavy atom. The molecule has 2 aromatic carbocycles. The molecule has 0 spiro atoms. The molecule has 2 rings (SSSR count). The molecule has 0 aliphatic rings. The van der Waals surface area contributed by atoms with Gasteiger partial charge >= 0.3 is 131 Å². The summed E-state index contributed by atoms with van der Waals surface area (Å²) in [6.45, 7) is 0. The molecule has 2 aromatic rings. The van der Waals surface area contributed by atoms with Crippen LogP contribution in [-0.2, 0) is 11.5 Å². The number of rotatable bonds is 8. The van der Waals surface area contributed by atoms with Crippen LogP contribution in [0.2, 0.25) is 0 Å². The van der Waals surface area contributed by atoms with Gasteiger partial charge < -0.3 is 0 Å². The quantitative estimate of drug-likeness (QED) is 0.507. The first kappa shape index (κ1) is 15.1. The van der Waals surface area contributed by atoms with E-state index in [2.05, 4.69) is 84.2 Å². The normalized spacial score (nSPS) is 10.5. The van der Waals surface area contributed by atoms with E-state index in [0.717, 1.165) is 26.5 Å². The Hall–Kier alpha value is -0.341. The van der Waals surface area contributed by atoms with Gasteiger partial charge in [-0.25, -0.2) is 0 Å². The van der Waals surface area contributed by atoms with Crippen molar-refractivity contribution in [3.8, 4) is 0 Å². The maximum atomic E-state index is 2.21. The fraction of sp³-hybridized carbons (Fsp3) is 0.250. The van der Waals surface area contributed by atoms with Crippen molar-refractivity contribution in [2.24, 2.45) is 0 Å². The molecule has 0 fully saturated rings. The van der Waals surface area contributed by atoms with Gasteiger partial charge in [0.05, 0.1) is 0 Å². The molecule has 0 unspecified atom stereocenters. The number of hydrogen-bond donors (Lipinski definition) is 0. The van der Waals surface area contributed by atoms with Crippen LogP contribution >= 0.6 is 23.5 Å². The second kappa shape index (κ2) is 9.55. The van der Waals surface area contributed by atoms with Crippen LogP contribution in [0.25, 0.3) is 0 Å². The molecular formula is C16H18S2Se. The predicted octanol–water partition coefficient (Wildman–Crippen LogP) is 4.47. The van der Waals surface area contributed by atoms with Gasteiger partial charge in [0.2, 0.25) is 0 Å². The van der Waals surface area contributed by atoms with E-state index in [0.29, 0.717) is 0 Å². The predicted molar refractivity (Wildman–Crippen MR) is 91.0 cm³/mol. The molecule has 0 radical (unpaired) electrons. The molecule has 19 heavy (non-hydrogen) atoms. The standard InChI is InChI=1S/C16H18S2Se/c1-3-7-15(8-4-1)11-17-13-19-14-18-12-16-9-5-2-6-10-16/h1-10H,11-14H2. The first-order valence-electron chi connectivity index (χ1n) is 6.26. The number of benzene rings is 2. The minimum absolute atomic E-state index is 0.763. The number of hydrogen-bond acceptors (Lipinski definition) is 2. The molecule has 0 nitrogen and oxygen atoms in total. The molecule has 0 heterocycles. The summed E-state index contributed by atoms with van der Waals surface area (Å²) in [4.78, 5) is 0. The summed E-state index contributed by atoms with van der Waals surface area (Å²) in [5, 5.41) is 0. The van der Waals surface area contributed by atoms with E-state index in [1.165, 1.54) is 20.4 Å². The third-order valence-corrected chi connectivity index (χ3v) is 8.49. The molecule has 0 N–H and O–H groups in total. The summed E-state index contributed by atoms with van der Waals surface area (Å²) in [6, 6.07) is 21.5. The van der Waals surface area contributed by atoms with Crippen LogP contribution in [0, 0.1) is 0 Å². The van der Waals surface area contributed by atoms with Crippen molar-refractivity contribution >= 4 is 38.5 Å². The molecule has 0 saturated heterocycles. The molecule has 3 heteroatoms. The average molecular weight is 353 g/mol. The SMILES string of the molecule is c1ccc(CSC[Se]CSCc2ccccc2)cc1. The molecule has 0 bridgehead atoms. The Bertz CT molecular complexity index is 401. The second-order valence-corrected chi connectivity index (χ2v) is 9.80. The Kier molecular flexibility index (Phi) is 7.56. The van der Waals surface area contributed by atoms with Crippen LogP contribution in [0.4, 0.5) is 0 Å². The average Bonchev–Trinajstić information content (AvgIpc) is 2.48. The molecule has 100 valence electrons. The van der Waals surface area contributed by atoms with Crippen molar-refractivity contribution in [2.75, 3.05) is 9.30 Å². The maximum absolute atomic E-state index is 2.21. The van der Waals surface area contributed by atoms with Crippen LogP contribution < -0.4 is 0 Å². The van der Waals surface area contributed by atoms with Gasteiger partial charge in [-0.05, 0) is 0 Å². The van der Waals surface area contributed by atoms with Crippen molar-refractivity contribution < 1.29 is 0 Å². The molecule has 0 aliphatic heterocycles. The van der Waals surface area contributed by atoms with Crippen molar-refractivity contribution in [2.45, 2.75) is 11.5 Å². The van der Waals surface area contributed by atoms with Gasteiger partial charge in [0.25, 0.3) is 0 Å². The number of thioether (sulfide) groups is 2. The van der Waals surface area contributed by atoms with Gasteiger partial charge in [-0.1, -0.05) is 0 Å².